The highest BCUT2D eigenvalue weighted by Gasteiger charge is 2.37. The molecule has 8 nitrogen and oxygen atoms in total. The van der Waals surface area contributed by atoms with Crippen LogP contribution in [0.2, 0.25) is 0 Å². The number of hydrogen-bond donors (Lipinski definition) is 2. The van der Waals surface area contributed by atoms with E-state index in [4.69, 9.17) is 5.73 Å². The third-order valence-corrected chi connectivity index (χ3v) is 5.75. The first kappa shape index (κ1) is 22.1. The van der Waals surface area contributed by atoms with Crippen molar-refractivity contribution in [3.63, 3.8) is 0 Å². The maximum atomic E-state index is 12.9. The molecular formula is C19H27ClN4O4. The van der Waals surface area contributed by atoms with E-state index in [2.05, 4.69) is 5.32 Å². The number of carbonyl (C=O) groups excluding carboxylic acids is 2. The number of nitrogens with zero attached hydrogens (tertiary/aromatic N) is 2. The van der Waals surface area contributed by atoms with Gasteiger partial charge >= 0.3 is 0 Å². The number of nitro benzene ring substituents is 1. The molecule has 3 atom stereocenters. The minimum atomic E-state index is -0.493. The van der Waals surface area contributed by atoms with Crippen molar-refractivity contribution in [1.29, 1.82) is 0 Å². The molecule has 0 radical (unpaired) electrons. The van der Waals surface area contributed by atoms with Gasteiger partial charge in [-0.25, -0.2) is 0 Å². The molecule has 1 aromatic carbocycles. The molecule has 3 rings (SSSR count). The Labute approximate surface area is 170 Å². The zero-order valence-electron chi connectivity index (χ0n) is 15.9. The van der Waals surface area contributed by atoms with Crippen LogP contribution >= 0.6 is 12.4 Å². The predicted molar refractivity (Wildman–Crippen MR) is 107 cm³/mol. The molecule has 9 heteroatoms. The van der Waals surface area contributed by atoms with Crippen LogP contribution in [0.25, 0.3) is 0 Å². The first-order valence-electron chi connectivity index (χ1n) is 9.48. The molecule has 1 saturated heterocycles. The van der Waals surface area contributed by atoms with E-state index >= 15 is 0 Å². The lowest BCUT2D eigenvalue weighted by Gasteiger charge is -2.27. The summed E-state index contributed by atoms with van der Waals surface area (Å²) < 4.78 is 0. The largest absolute Gasteiger partial charge is 0.351 e. The molecule has 2 aliphatic rings. The highest BCUT2D eigenvalue weighted by atomic mass is 35.5. The Morgan fingerprint density at radius 1 is 1.29 bits per heavy atom. The maximum absolute atomic E-state index is 12.9. The van der Waals surface area contributed by atoms with Crippen molar-refractivity contribution in [2.45, 2.75) is 51.1 Å². The zero-order valence-corrected chi connectivity index (χ0v) is 16.7. The molecule has 1 aromatic rings. The van der Waals surface area contributed by atoms with Gasteiger partial charge in [-0.15, -0.1) is 12.4 Å². The standard InChI is InChI=1S/C19H26N4O4.ClH/c1-12-10-13(7-8-16(12)23(26)27)19(25)22-9-3-6-17(22)18(24)21-15-5-2-4-14(15)11-20;/h7-8,10,14-15,17H,2-6,9,11,20H2,1H3,(H,21,24);1H. The Bertz CT molecular complexity index is 757. The lowest BCUT2D eigenvalue weighted by Crippen LogP contribution is -2.50. The summed E-state index contributed by atoms with van der Waals surface area (Å²) in [6.07, 6.45) is 4.40. The molecule has 1 aliphatic carbocycles. The minimum Gasteiger partial charge on any atom is -0.351 e. The van der Waals surface area contributed by atoms with Gasteiger partial charge in [0.25, 0.3) is 11.6 Å². The van der Waals surface area contributed by atoms with Crippen molar-refractivity contribution in [3.8, 4) is 0 Å². The molecule has 0 spiro atoms. The molecule has 3 unspecified atom stereocenters. The number of hydrogen-bond acceptors (Lipinski definition) is 5. The second-order valence-corrected chi connectivity index (χ2v) is 7.46. The van der Waals surface area contributed by atoms with Crippen LogP contribution in [0.5, 0.6) is 0 Å². The molecule has 3 N–H and O–H groups in total. The Balaban J connectivity index is 0.00000280. The number of halogens is 1. The van der Waals surface area contributed by atoms with E-state index in [1.54, 1.807) is 11.8 Å². The Hall–Kier alpha value is -2.19. The quantitative estimate of drug-likeness (QED) is 0.569. The van der Waals surface area contributed by atoms with E-state index in [1.807, 2.05) is 0 Å². The van der Waals surface area contributed by atoms with Gasteiger partial charge in [-0.3, -0.25) is 19.7 Å². The van der Waals surface area contributed by atoms with Crippen LogP contribution in [0, 0.1) is 23.0 Å². The number of carbonyl (C=O) groups is 2. The summed E-state index contributed by atoms with van der Waals surface area (Å²) in [6.45, 7) is 2.68. The molecule has 1 aliphatic heterocycles. The third-order valence-electron chi connectivity index (χ3n) is 5.75. The van der Waals surface area contributed by atoms with Gasteiger partial charge in [-0.1, -0.05) is 6.42 Å². The summed E-state index contributed by atoms with van der Waals surface area (Å²) in [5, 5.41) is 14.1. The van der Waals surface area contributed by atoms with E-state index < -0.39 is 11.0 Å². The number of nitrogens with one attached hydrogen (secondary N) is 1. The fraction of sp³-hybridized carbons (Fsp3) is 0.579. The fourth-order valence-corrected chi connectivity index (χ4v) is 4.23. The monoisotopic (exact) mass is 410 g/mol. The zero-order chi connectivity index (χ0) is 19.6. The van der Waals surface area contributed by atoms with Crippen LogP contribution in [-0.2, 0) is 4.79 Å². The van der Waals surface area contributed by atoms with Gasteiger partial charge in [0.15, 0.2) is 0 Å². The summed E-state index contributed by atoms with van der Waals surface area (Å²) in [7, 11) is 0. The van der Waals surface area contributed by atoms with Crippen LogP contribution in [0.1, 0.15) is 48.0 Å². The average Bonchev–Trinajstić information content (AvgIpc) is 3.29. The third kappa shape index (κ3) is 4.44. The van der Waals surface area contributed by atoms with Crippen LogP contribution < -0.4 is 11.1 Å². The summed E-state index contributed by atoms with van der Waals surface area (Å²) in [5.74, 6) is -0.0749. The second-order valence-electron chi connectivity index (χ2n) is 7.46. The molecule has 0 aromatic heterocycles. The van der Waals surface area contributed by atoms with Crippen molar-refractivity contribution >= 4 is 29.9 Å². The number of rotatable bonds is 5. The Morgan fingerprint density at radius 3 is 2.68 bits per heavy atom. The molecule has 2 amide bonds. The van der Waals surface area contributed by atoms with Crippen LogP contribution in [0.15, 0.2) is 18.2 Å². The van der Waals surface area contributed by atoms with E-state index in [-0.39, 0.29) is 36.0 Å². The first-order chi connectivity index (χ1) is 12.9. The normalized spacial score (nSPS) is 23.9. The van der Waals surface area contributed by atoms with E-state index in [1.165, 1.54) is 18.2 Å². The number of benzene rings is 1. The van der Waals surface area contributed by atoms with Crippen LogP contribution in [0.3, 0.4) is 0 Å². The van der Waals surface area contributed by atoms with Gasteiger partial charge in [0.05, 0.1) is 4.92 Å². The highest BCUT2D eigenvalue weighted by Crippen LogP contribution is 2.27. The number of aryl methyl sites for hydroxylation is 1. The van der Waals surface area contributed by atoms with Crippen molar-refractivity contribution in [2.24, 2.45) is 11.7 Å². The molecule has 1 heterocycles. The molecule has 2 fully saturated rings. The summed E-state index contributed by atoms with van der Waals surface area (Å²) >= 11 is 0. The van der Waals surface area contributed by atoms with Crippen LogP contribution in [0.4, 0.5) is 5.69 Å². The van der Waals surface area contributed by atoms with Gasteiger partial charge in [0, 0.05) is 29.8 Å². The summed E-state index contributed by atoms with van der Waals surface area (Å²) in [4.78, 5) is 37.8. The molecular weight excluding hydrogens is 384 g/mol. The van der Waals surface area contributed by atoms with Crippen LogP contribution in [-0.4, -0.2) is 46.8 Å². The first-order valence-corrected chi connectivity index (χ1v) is 9.48. The van der Waals surface area contributed by atoms with Gasteiger partial charge < -0.3 is 16.0 Å². The Kier molecular flexibility index (Phi) is 7.37. The molecule has 0 bridgehead atoms. The van der Waals surface area contributed by atoms with E-state index in [0.29, 0.717) is 36.6 Å². The summed E-state index contributed by atoms with van der Waals surface area (Å²) in [5.41, 5.74) is 6.58. The van der Waals surface area contributed by atoms with Gasteiger partial charge in [0.1, 0.15) is 6.04 Å². The second kappa shape index (κ2) is 9.34. The van der Waals surface area contributed by atoms with E-state index in [0.717, 1.165) is 25.7 Å². The number of nitrogens with two attached hydrogens (primary N) is 1. The minimum absolute atomic E-state index is 0. The highest BCUT2D eigenvalue weighted by molar-refractivity contribution is 5.98. The molecule has 154 valence electrons. The van der Waals surface area contributed by atoms with Gasteiger partial charge in [-0.2, -0.15) is 0 Å². The maximum Gasteiger partial charge on any atom is 0.272 e. The fourth-order valence-electron chi connectivity index (χ4n) is 4.23. The van der Waals surface area contributed by atoms with Gasteiger partial charge in [0.2, 0.25) is 5.91 Å². The lowest BCUT2D eigenvalue weighted by atomic mass is 10.0. The van der Waals surface area contributed by atoms with Crippen molar-refractivity contribution in [2.75, 3.05) is 13.1 Å². The number of likely N-dealkylation sites (tertiary alicyclic amines) is 1. The molecule has 1 saturated carbocycles. The lowest BCUT2D eigenvalue weighted by molar-refractivity contribution is -0.385. The summed E-state index contributed by atoms with van der Waals surface area (Å²) in [6, 6.07) is 3.92. The predicted octanol–water partition coefficient (Wildman–Crippen LogP) is 2.17. The topological polar surface area (TPSA) is 119 Å². The Morgan fingerprint density at radius 2 is 2.04 bits per heavy atom. The SMILES string of the molecule is Cc1cc(C(=O)N2CCCC2C(=O)NC2CCCC2CN)ccc1[N+](=O)[O-].Cl. The smallest absolute Gasteiger partial charge is 0.272 e. The van der Waals surface area contributed by atoms with Crippen molar-refractivity contribution in [1.82, 2.24) is 10.2 Å². The van der Waals surface area contributed by atoms with Crippen molar-refractivity contribution in [3.05, 3.63) is 39.4 Å². The van der Waals surface area contributed by atoms with Gasteiger partial charge in [-0.05, 0) is 57.2 Å². The van der Waals surface area contributed by atoms with Crippen molar-refractivity contribution < 1.29 is 14.5 Å². The van der Waals surface area contributed by atoms with E-state index in [9.17, 15) is 19.7 Å². The number of amides is 2. The average molecular weight is 411 g/mol. The molecule has 28 heavy (non-hydrogen) atoms. The number of nitro groups is 1.